The topological polar surface area (TPSA) is 65.1 Å². The molecule has 0 aliphatic carbocycles. The number of methoxy groups -OCH3 is 1. The summed E-state index contributed by atoms with van der Waals surface area (Å²) in [6, 6.07) is 24.3. The van der Waals surface area contributed by atoms with Gasteiger partial charge in [-0.3, -0.25) is 14.5 Å². The van der Waals surface area contributed by atoms with Gasteiger partial charge in [0.15, 0.2) is 11.5 Å². The maximum atomic E-state index is 13.0. The minimum Gasteiger partial charge on any atom is -0.493 e. The lowest BCUT2D eigenvalue weighted by molar-refractivity contribution is -0.123. The highest BCUT2D eigenvalue weighted by Gasteiger charge is 2.34. The summed E-state index contributed by atoms with van der Waals surface area (Å²) in [6.45, 7) is 0.611. The number of hydrogen-bond donors (Lipinski definition) is 0. The minimum atomic E-state index is -0.356. The first-order chi connectivity index (χ1) is 18.9. The van der Waals surface area contributed by atoms with Crippen LogP contribution in [0.1, 0.15) is 11.1 Å². The molecule has 0 unspecified atom stereocenters. The summed E-state index contributed by atoms with van der Waals surface area (Å²) in [4.78, 5) is 27.1. The van der Waals surface area contributed by atoms with Gasteiger partial charge in [-0.25, -0.2) is 0 Å². The van der Waals surface area contributed by atoms with E-state index in [1.807, 2.05) is 48.5 Å². The molecule has 198 valence electrons. The third kappa shape index (κ3) is 6.17. The second kappa shape index (κ2) is 12.0. The van der Waals surface area contributed by atoms with Crippen molar-refractivity contribution < 1.29 is 23.8 Å². The molecule has 9 heteroatoms. The lowest BCUT2D eigenvalue weighted by Gasteiger charge is -2.14. The van der Waals surface area contributed by atoms with Crippen molar-refractivity contribution in [3.8, 4) is 17.2 Å². The monoisotopic (exact) mass is 579 g/mol. The number of imide groups is 1. The summed E-state index contributed by atoms with van der Waals surface area (Å²) in [7, 11) is 1.54. The van der Waals surface area contributed by atoms with Crippen LogP contribution in [0.3, 0.4) is 0 Å². The SMILES string of the molecule is COc1cc(/C=C2\SC(=O)N(CCOc3cccc4ccccc34)C2=O)ccc1OCc1ccc(Cl)c(Cl)c1. The van der Waals surface area contributed by atoms with Crippen LogP contribution in [0.5, 0.6) is 17.2 Å². The van der Waals surface area contributed by atoms with E-state index >= 15 is 0 Å². The average Bonchev–Trinajstić information content (AvgIpc) is 3.21. The number of hydrogen-bond acceptors (Lipinski definition) is 6. The van der Waals surface area contributed by atoms with Crippen LogP contribution in [-0.2, 0) is 11.4 Å². The molecule has 1 heterocycles. The predicted molar refractivity (Wildman–Crippen MR) is 156 cm³/mol. The van der Waals surface area contributed by atoms with Crippen molar-refractivity contribution in [2.24, 2.45) is 0 Å². The van der Waals surface area contributed by atoms with Gasteiger partial charge in [0.25, 0.3) is 11.1 Å². The van der Waals surface area contributed by atoms with E-state index in [-0.39, 0.29) is 30.9 Å². The van der Waals surface area contributed by atoms with E-state index in [4.69, 9.17) is 37.4 Å². The average molecular weight is 580 g/mol. The summed E-state index contributed by atoms with van der Waals surface area (Å²) in [6.07, 6.45) is 1.67. The number of amides is 2. The number of carbonyl (C=O) groups is 2. The Morgan fingerprint density at radius 3 is 2.49 bits per heavy atom. The zero-order valence-electron chi connectivity index (χ0n) is 20.9. The van der Waals surface area contributed by atoms with Gasteiger partial charge >= 0.3 is 0 Å². The molecule has 0 aromatic heterocycles. The number of fused-ring (bicyclic) bond motifs is 1. The molecule has 1 aliphatic rings. The molecule has 39 heavy (non-hydrogen) atoms. The van der Waals surface area contributed by atoms with Crippen molar-refractivity contribution in [1.29, 1.82) is 0 Å². The highest BCUT2D eigenvalue weighted by atomic mass is 35.5. The molecule has 5 rings (SSSR count). The van der Waals surface area contributed by atoms with Gasteiger partial charge in [0.05, 0.1) is 28.6 Å². The second-order valence-corrected chi connectivity index (χ2v) is 10.4. The predicted octanol–water partition coefficient (Wildman–Crippen LogP) is 7.85. The first-order valence-electron chi connectivity index (χ1n) is 12.0. The van der Waals surface area contributed by atoms with Gasteiger partial charge in [-0.15, -0.1) is 0 Å². The summed E-state index contributed by atoms with van der Waals surface area (Å²) in [5.74, 6) is 1.38. The zero-order chi connectivity index (χ0) is 27.4. The molecule has 0 atom stereocenters. The minimum absolute atomic E-state index is 0.149. The molecule has 0 N–H and O–H groups in total. The van der Waals surface area contributed by atoms with Crippen molar-refractivity contribution in [3.05, 3.63) is 105 Å². The van der Waals surface area contributed by atoms with E-state index < -0.39 is 0 Å². The second-order valence-electron chi connectivity index (χ2n) is 8.61. The molecule has 2 amide bonds. The van der Waals surface area contributed by atoms with Crippen LogP contribution in [0.4, 0.5) is 4.79 Å². The first-order valence-corrected chi connectivity index (χ1v) is 13.6. The lowest BCUT2D eigenvalue weighted by Crippen LogP contribution is -2.32. The quantitative estimate of drug-likeness (QED) is 0.188. The highest BCUT2D eigenvalue weighted by molar-refractivity contribution is 8.18. The van der Waals surface area contributed by atoms with Crippen LogP contribution in [0.2, 0.25) is 10.0 Å². The number of nitrogens with zero attached hydrogens (tertiary/aromatic N) is 1. The number of carbonyl (C=O) groups excluding carboxylic acids is 2. The molecule has 0 saturated carbocycles. The Balaban J connectivity index is 1.23. The fourth-order valence-electron chi connectivity index (χ4n) is 4.10. The van der Waals surface area contributed by atoms with Crippen molar-refractivity contribution in [1.82, 2.24) is 4.90 Å². The molecule has 1 saturated heterocycles. The lowest BCUT2D eigenvalue weighted by atomic mass is 10.1. The van der Waals surface area contributed by atoms with Gasteiger partial charge in [0.1, 0.15) is 19.0 Å². The zero-order valence-corrected chi connectivity index (χ0v) is 23.2. The molecular formula is C30H23Cl2NO5S. The Labute approximate surface area is 240 Å². The highest BCUT2D eigenvalue weighted by Crippen LogP contribution is 2.35. The standard InChI is InChI=1S/C30H23Cl2NO5S/c1-36-27-16-19(10-12-26(27)38-18-20-9-11-23(31)24(32)15-20)17-28-29(34)33(30(35)39-28)13-14-37-25-8-4-6-21-5-2-3-7-22(21)25/h2-12,15-17H,13-14,18H2,1H3/b28-17-. The molecule has 1 aliphatic heterocycles. The third-order valence-corrected chi connectivity index (χ3v) is 7.71. The largest absolute Gasteiger partial charge is 0.493 e. The van der Waals surface area contributed by atoms with Crippen molar-refractivity contribution in [2.75, 3.05) is 20.3 Å². The summed E-state index contributed by atoms with van der Waals surface area (Å²) < 4.78 is 17.3. The molecule has 4 aromatic carbocycles. The van der Waals surface area contributed by atoms with E-state index in [1.165, 1.54) is 12.0 Å². The molecule has 0 radical (unpaired) electrons. The van der Waals surface area contributed by atoms with E-state index in [0.29, 0.717) is 37.8 Å². The van der Waals surface area contributed by atoms with E-state index in [1.54, 1.807) is 36.4 Å². The third-order valence-electron chi connectivity index (χ3n) is 6.06. The van der Waals surface area contributed by atoms with Crippen LogP contribution in [0.25, 0.3) is 16.8 Å². The summed E-state index contributed by atoms with van der Waals surface area (Å²) in [5.41, 5.74) is 1.56. The van der Waals surface area contributed by atoms with Crippen LogP contribution < -0.4 is 14.2 Å². The molecule has 6 nitrogen and oxygen atoms in total. The van der Waals surface area contributed by atoms with Gasteiger partial charge in [0, 0.05) is 5.39 Å². The normalized spacial score (nSPS) is 14.3. The first kappa shape index (κ1) is 26.9. The van der Waals surface area contributed by atoms with Crippen LogP contribution in [0, 0.1) is 0 Å². The number of halogens is 2. The van der Waals surface area contributed by atoms with Gasteiger partial charge in [-0.05, 0) is 64.7 Å². The van der Waals surface area contributed by atoms with Gasteiger partial charge in [-0.1, -0.05) is 71.7 Å². The molecule has 0 bridgehead atoms. The van der Waals surface area contributed by atoms with Crippen molar-refractivity contribution in [3.63, 3.8) is 0 Å². The van der Waals surface area contributed by atoms with E-state index in [0.717, 1.165) is 28.1 Å². The molecule has 4 aromatic rings. The summed E-state index contributed by atoms with van der Waals surface area (Å²) >= 11 is 13.0. The molecule has 0 spiro atoms. The van der Waals surface area contributed by atoms with Crippen molar-refractivity contribution in [2.45, 2.75) is 6.61 Å². The van der Waals surface area contributed by atoms with E-state index in [9.17, 15) is 9.59 Å². The van der Waals surface area contributed by atoms with Gasteiger partial charge in [-0.2, -0.15) is 0 Å². The molecular weight excluding hydrogens is 557 g/mol. The van der Waals surface area contributed by atoms with Gasteiger partial charge < -0.3 is 14.2 Å². The Hall–Kier alpha value is -3.65. The summed E-state index contributed by atoms with van der Waals surface area (Å²) in [5, 5.41) is 2.64. The Morgan fingerprint density at radius 1 is 0.846 bits per heavy atom. The van der Waals surface area contributed by atoms with E-state index in [2.05, 4.69) is 0 Å². The number of benzene rings is 4. The number of rotatable bonds is 9. The maximum Gasteiger partial charge on any atom is 0.293 e. The molecule has 1 fully saturated rings. The van der Waals surface area contributed by atoms with Crippen LogP contribution >= 0.6 is 35.0 Å². The smallest absolute Gasteiger partial charge is 0.293 e. The Morgan fingerprint density at radius 2 is 1.67 bits per heavy atom. The van der Waals surface area contributed by atoms with Gasteiger partial charge in [0.2, 0.25) is 0 Å². The van der Waals surface area contributed by atoms with Crippen LogP contribution in [-0.4, -0.2) is 36.3 Å². The Bertz CT molecular complexity index is 1580. The van der Waals surface area contributed by atoms with Crippen molar-refractivity contribution >= 4 is 63.0 Å². The fourth-order valence-corrected chi connectivity index (χ4v) is 5.28. The maximum absolute atomic E-state index is 13.0. The van der Waals surface area contributed by atoms with Crippen LogP contribution in [0.15, 0.2) is 83.8 Å². The Kier molecular flexibility index (Phi) is 8.31. The number of ether oxygens (including phenoxy) is 3. The fraction of sp³-hybridized carbons (Fsp3) is 0.133. The number of thioether (sulfide) groups is 1.